The molecule has 3 aromatic carbocycles. The minimum atomic E-state index is -0.728. The Morgan fingerprint density at radius 3 is 2.39 bits per heavy atom. The van der Waals surface area contributed by atoms with Gasteiger partial charge in [-0.25, -0.2) is 14.5 Å². The van der Waals surface area contributed by atoms with Crippen molar-refractivity contribution >= 4 is 35.0 Å². The Kier molecular flexibility index (Phi) is 8.07. The van der Waals surface area contributed by atoms with Crippen molar-refractivity contribution in [2.24, 2.45) is 4.99 Å². The number of para-hydroxylation sites is 1. The van der Waals surface area contributed by atoms with Crippen molar-refractivity contribution in [1.29, 1.82) is 0 Å². The van der Waals surface area contributed by atoms with Crippen molar-refractivity contribution in [3.63, 3.8) is 0 Å². The average molecular weight is 625 g/mol. The van der Waals surface area contributed by atoms with E-state index in [9.17, 15) is 9.59 Å². The standard InChI is InChI=1S/C34H29ClN4O4S/c1-20(2)43-33(41)29-21(3)36-34-39(31(29)23-12-16-27(42-4)17-13-23)32(40)28(44-34)18-24-19-38(26-8-6-5-7-9-26)37-30(24)22-10-14-25(35)15-11-22/h5-20,31H,1-4H3/b28-18-/t31-/m0/s1. The van der Waals surface area contributed by atoms with E-state index in [0.717, 1.165) is 22.4 Å². The number of carbonyl (C=O) groups excluding carboxylic acids is 1. The van der Waals surface area contributed by atoms with Crippen LogP contribution < -0.4 is 19.6 Å². The molecule has 0 saturated heterocycles. The van der Waals surface area contributed by atoms with E-state index in [1.165, 1.54) is 11.3 Å². The number of carbonyl (C=O) groups is 1. The van der Waals surface area contributed by atoms with E-state index in [0.29, 0.717) is 37.1 Å². The van der Waals surface area contributed by atoms with Crippen molar-refractivity contribution in [3.05, 3.63) is 132 Å². The second-order valence-electron chi connectivity index (χ2n) is 10.5. The second-order valence-corrected chi connectivity index (χ2v) is 12.0. The van der Waals surface area contributed by atoms with Crippen molar-refractivity contribution in [3.8, 4) is 22.7 Å². The highest BCUT2D eigenvalue weighted by atomic mass is 35.5. The summed E-state index contributed by atoms with van der Waals surface area (Å²) < 4.78 is 14.8. The molecule has 10 heteroatoms. The first-order valence-corrected chi connectivity index (χ1v) is 15.2. The normalized spacial score (nSPS) is 14.9. The van der Waals surface area contributed by atoms with E-state index >= 15 is 0 Å². The summed E-state index contributed by atoms with van der Waals surface area (Å²) in [5.74, 6) is 0.156. The lowest BCUT2D eigenvalue weighted by Crippen LogP contribution is -2.40. The number of benzene rings is 3. The minimum Gasteiger partial charge on any atom is -0.497 e. The summed E-state index contributed by atoms with van der Waals surface area (Å²) in [5.41, 5.74) is 4.47. The van der Waals surface area contributed by atoms with Crippen LogP contribution in [0.5, 0.6) is 5.75 Å². The number of halogens is 1. The zero-order valence-electron chi connectivity index (χ0n) is 24.5. The Bertz CT molecular complexity index is 2060. The number of hydrogen-bond acceptors (Lipinski definition) is 7. The average Bonchev–Trinajstić information content (AvgIpc) is 3.57. The summed E-state index contributed by atoms with van der Waals surface area (Å²) in [6, 6.07) is 23.8. The molecule has 0 unspecified atom stereocenters. The molecule has 0 fully saturated rings. The molecule has 0 spiro atoms. The van der Waals surface area contributed by atoms with Crippen molar-refractivity contribution in [1.82, 2.24) is 14.3 Å². The van der Waals surface area contributed by atoms with Gasteiger partial charge in [0.25, 0.3) is 5.56 Å². The molecule has 6 rings (SSSR count). The highest BCUT2D eigenvalue weighted by Gasteiger charge is 2.34. The van der Waals surface area contributed by atoms with Gasteiger partial charge in [-0.2, -0.15) is 5.10 Å². The number of hydrogen-bond donors (Lipinski definition) is 0. The molecule has 1 atom stereocenters. The predicted molar refractivity (Wildman–Crippen MR) is 172 cm³/mol. The molecule has 1 aliphatic heterocycles. The Morgan fingerprint density at radius 2 is 1.73 bits per heavy atom. The van der Waals surface area contributed by atoms with Crippen molar-refractivity contribution in [2.45, 2.75) is 32.9 Å². The van der Waals surface area contributed by atoms with Gasteiger partial charge in [0.2, 0.25) is 0 Å². The van der Waals surface area contributed by atoms with Gasteiger partial charge in [-0.15, -0.1) is 0 Å². The first kappa shape index (κ1) is 29.3. The molecule has 0 aliphatic carbocycles. The minimum absolute atomic E-state index is 0.272. The first-order valence-electron chi connectivity index (χ1n) is 14.0. The third-order valence-corrected chi connectivity index (χ3v) is 8.42. The van der Waals surface area contributed by atoms with Crippen LogP contribution >= 0.6 is 22.9 Å². The maximum Gasteiger partial charge on any atom is 0.338 e. The molecular weight excluding hydrogens is 596 g/mol. The van der Waals surface area contributed by atoms with E-state index in [1.807, 2.05) is 91.1 Å². The van der Waals surface area contributed by atoms with Gasteiger partial charge >= 0.3 is 5.97 Å². The van der Waals surface area contributed by atoms with Crippen LogP contribution in [0.4, 0.5) is 0 Å². The van der Waals surface area contributed by atoms with Crippen LogP contribution in [-0.2, 0) is 9.53 Å². The number of allylic oxidation sites excluding steroid dienone is 1. The van der Waals surface area contributed by atoms with Crippen LogP contribution in [0.3, 0.4) is 0 Å². The predicted octanol–water partition coefficient (Wildman–Crippen LogP) is 5.70. The number of thiazole rings is 1. The highest BCUT2D eigenvalue weighted by molar-refractivity contribution is 7.07. The third-order valence-electron chi connectivity index (χ3n) is 7.18. The molecule has 0 saturated carbocycles. The fraction of sp³-hybridized carbons (Fsp3) is 0.176. The fourth-order valence-electron chi connectivity index (χ4n) is 5.14. The number of aromatic nitrogens is 3. The van der Waals surface area contributed by atoms with E-state index < -0.39 is 12.0 Å². The van der Waals surface area contributed by atoms with Crippen molar-refractivity contribution < 1.29 is 14.3 Å². The van der Waals surface area contributed by atoms with Gasteiger partial charge in [-0.3, -0.25) is 9.36 Å². The van der Waals surface area contributed by atoms with Crippen LogP contribution in [0.2, 0.25) is 5.02 Å². The topological polar surface area (TPSA) is 87.7 Å². The number of methoxy groups -OCH3 is 1. The summed E-state index contributed by atoms with van der Waals surface area (Å²) in [6.07, 6.45) is 3.39. The zero-order valence-corrected chi connectivity index (χ0v) is 26.1. The van der Waals surface area contributed by atoms with Crippen LogP contribution in [0.1, 0.15) is 37.9 Å². The maximum atomic E-state index is 14.2. The van der Waals surface area contributed by atoms with Crippen LogP contribution in [0, 0.1) is 0 Å². The number of esters is 1. The van der Waals surface area contributed by atoms with E-state index in [1.54, 1.807) is 37.1 Å². The van der Waals surface area contributed by atoms with Gasteiger partial charge in [-0.1, -0.05) is 65.4 Å². The van der Waals surface area contributed by atoms with Crippen molar-refractivity contribution in [2.75, 3.05) is 7.11 Å². The molecule has 0 bridgehead atoms. The van der Waals surface area contributed by atoms with Gasteiger partial charge in [0.05, 0.1) is 40.7 Å². The quantitative estimate of drug-likeness (QED) is 0.217. The molecule has 1 aliphatic rings. The maximum absolute atomic E-state index is 14.2. The highest BCUT2D eigenvalue weighted by Crippen LogP contribution is 2.32. The second kappa shape index (κ2) is 12.1. The van der Waals surface area contributed by atoms with E-state index in [-0.39, 0.29) is 11.7 Å². The van der Waals surface area contributed by atoms with E-state index in [2.05, 4.69) is 0 Å². The van der Waals surface area contributed by atoms with Crippen LogP contribution in [0.15, 0.2) is 106 Å². The molecule has 0 radical (unpaired) electrons. The molecular formula is C34H29ClN4O4S. The molecule has 222 valence electrons. The fourth-order valence-corrected chi connectivity index (χ4v) is 6.30. The number of ether oxygens (including phenoxy) is 2. The molecule has 8 nitrogen and oxygen atoms in total. The van der Waals surface area contributed by atoms with E-state index in [4.69, 9.17) is 31.2 Å². The monoisotopic (exact) mass is 624 g/mol. The molecule has 3 heterocycles. The SMILES string of the molecule is COc1ccc([C@H]2C(C(=O)OC(C)C)=C(C)N=c3s/c(=C\c4cn(-c5ccccc5)nc4-c4ccc(Cl)cc4)c(=O)n32)cc1. The lowest BCUT2D eigenvalue weighted by atomic mass is 9.96. The van der Waals surface area contributed by atoms with Crippen LogP contribution in [-0.4, -0.2) is 33.5 Å². The van der Waals surface area contributed by atoms with Gasteiger partial charge in [0.15, 0.2) is 4.80 Å². The Hall–Kier alpha value is -4.73. The number of nitrogens with zero attached hydrogens (tertiary/aromatic N) is 4. The Balaban J connectivity index is 1.55. The summed E-state index contributed by atoms with van der Waals surface area (Å²) in [7, 11) is 1.59. The number of fused-ring (bicyclic) bond motifs is 1. The smallest absolute Gasteiger partial charge is 0.338 e. The molecule has 2 aromatic heterocycles. The zero-order chi connectivity index (χ0) is 31.0. The summed E-state index contributed by atoms with van der Waals surface area (Å²) in [4.78, 5) is 32.8. The third kappa shape index (κ3) is 5.64. The molecule has 0 N–H and O–H groups in total. The summed E-state index contributed by atoms with van der Waals surface area (Å²) >= 11 is 7.44. The van der Waals surface area contributed by atoms with Gasteiger partial charge in [-0.05, 0) is 68.8 Å². The van der Waals surface area contributed by atoms with Gasteiger partial charge < -0.3 is 9.47 Å². The molecule has 44 heavy (non-hydrogen) atoms. The Labute approximate surface area is 262 Å². The molecule has 5 aromatic rings. The Morgan fingerprint density at radius 1 is 1.02 bits per heavy atom. The largest absolute Gasteiger partial charge is 0.497 e. The first-order chi connectivity index (χ1) is 21.2. The lowest BCUT2D eigenvalue weighted by Gasteiger charge is -2.25. The molecule has 0 amide bonds. The van der Waals surface area contributed by atoms with Crippen LogP contribution in [0.25, 0.3) is 23.0 Å². The lowest BCUT2D eigenvalue weighted by molar-refractivity contribution is -0.143. The summed E-state index contributed by atoms with van der Waals surface area (Å²) in [6.45, 7) is 5.35. The van der Waals surface area contributed by atoms with Gasteiger partial charge in [0.1, 0.15) is 11.4 Å². The van der Waals surface area contributed by atoms with Gasteiger partial charge in [0, 0.05) is 22.3 Å². The number of rotatable bonds is 7. The summed E-state index contributed by atoms with van der Waals surface area (Å²) in [5, 5.41) is 5.49.